The molecular formula is C30F50. The fourth-order valence-electron chi connectivity index (χ4n) is 4.98. The lowest BCUT2D eigenvalue weighted by Crippen LogP contribution is -2.55. The summed E-state index contributed by atoms with van der Waals surface area (Å²) in [7, 11) is 0. The van der Waals surface area contributed by atoms with Gasteiger partial charge in [-0.15, -0.1) is 0 Å². The van der Waals surface area contributed by atoms with E-state index in [-0.39, 0.29) is 0 Å². The summed E-state index contributed by atoms with van der Waals surface area (Å²) in [6.07, 6.45) is -68.4. The molecule has 0 fully saturated rings. The minimum atomic E-state index is -9.83. The average molecular weight is 1310 g/mol. The summed E-state index contributed by atoms with van der Waals surface area (Å²) in [5.74, 6) is -136. The van der Waals surface area contributed by atoms with Crippen LogP contribution in [0.4, 0.5) is 220 Å². The first-order valence-electron chi connectivity index (χ1n) is 16.7. The van der Waals surface area contributed by atoms with E-state index in [1.54, 1.807) is 0 Å². The standard InChI is InChI=1S/C30F50/c31-7(1(23(57,58)59)15(41,42)19(49,50)11(35)5(27(69,70)71)28(72,73)74)17(45,46)13(37,38)3(25(63,64)65)9(33)21(53,54)22(55,56)10(34)4(26(66,67)68)14(39,40)18(47,48)8(32)2(24(60,61)62)16(43,44)20(51,52)12(36)6(29(75,76)77)30(78,79)80/b7-1+,8-2+,9-3+,10-4+. The summed E-state index contributed by atoms with van der Waals surface area (Å²) in [6, 6.07) is 0. The molecule has 0 amide bonds. The van der Waals surface area contributed by atoms with Crippen LogP contribution in [0.15, 0.2) is 68.4 Å². The van der Waals surface area contributed by atoms with Gasteiger partial charge in [-0.25, -0.2) is 26.3 Å². The highest BCUT2D eigenvalue weighted by atomic mass is 19.5. The van der Waals surface area contributed by atoms with E-state index in [1.807, 2.05) is 0 Å². The third-order valence-electron chi connectivity index (χ3n) is 8.47. The van der Waals surface area contributed by atoms with Gasteiger partial charge in [0, 0.05) is 0 Å². The van der Waals surface area contributed by atoms with E-state index in [9.17, 15) is 220 Å². The average Bonchev–Trinajstić information content (AvgIpc) is 3.12. The lowest BCUT2D eigenvalue weighted by molar-refractivity contribution is -0.239. The molecule has 0 atom stereocenters. The van der Waals surface area contributed by atoms with E-state index in [0.29, 0.717) is 0 Å². The minimum absolute atomic E-state index is 5.88. The van der Waals surface area contributed by atoms with Crippen LogP contribution in [0.25, 0.3) is 0 Å². The Balaban J connectivity index is 9.39. The zero-order valence-electron chi connectivity index (χ0n) is 33.9. The van der Waals surface area contributed by atoms with Gasteiger partial charge in [-0.2, -0.15) is 193 Å². The third-order valence-corrected chi connectivity index (χ3v) is 8.47. The normalized spacial score (nSPS) is 17.2. The van der Waals surface area contributed by atoms with Gasteiger partial charge in [0.05, 0.1) is 0 Å². The summed E-state index contributed by atoms with van der Waals surface area (Å²) < 4.78 is 687. The molecule has 0 unspecified atom stereocenters. The largest absolute Gasteiger partial charge is 0.424 e. The molecule has 0 rings (SSSR count). The molecule has 0 aromatic heterocycles. The summed E-state index contributed by atoms with van der Waals surface area (Å²) in [5, 5.41) is 0. The third kappa shape index (κ3) is 12.8. The maximum absolute atomic E-state index is 14.7. The maximum atomic E-state index is 14.7. The van der Waals surface area contributed by atoms with Crippen molar-refractivity contribution in [2.24, 2.45) is 0 Å². The molecule has 0 spiro atoms. The first-order valence-corrected chi connectivity index (χ1v) is 16.7. The Morgan fingerprint density at radius 1 is 0.113 bits per heavy atom. The molecule has 470 valence electrons. The zero-order valence-corrected chi connectivity index (χ0v) is 33.9. The zero-order chi connectivity index (χ0) is 65.9. The van der Waals surface area contributed by atoms with Gasteiger partial charge in [-0.1, -0.05) is 0 Å². The highest BCUT2D eigenvalue weighted by Gasteiger charge is 2.81. The second-order valence-corrected chi connectivity index (χ2v) is 13.9. The molecule has 0 aromatic carbocycles. The molecule has 0 aliphatic heterocycles. The lowest BCUT2D eigenvalue weighted by Gasteiger charge is -2.35. The van der Waals surface area contributed by atoms with E-state index in [1.165, 1.54) is 0 Å². The van der Waals surface area contributed by atoms with Crippen LogP contribution in [0.3, 0.4) is 0 Å². The molecule has 50 heteroatoms. The van der Waals surface area contributed by atoms with Crippen LogP contribution in [0, 0.1) is 0 Å². The van der Waals surface area contributed by atoms with Crippen molar-refractivity contribution >= 4 is 0 Å². The van der Waals surface area contributed by atoms with Crippen LogP contribution < -0.4 is 0 Å². The Labute approximate surface area is 397 Å². The topological polar surface area (TPSA) is 0 Å². The predicted octanol–water partition coefficient (Wildman–Crippen LogP) is 19.2. The number of hydrogen-bond donors (Lipinski definition) is 0. The van der Waals surface area contributed by atoms with Crippen molar-refractivity contribution in [3.05, 3.63) is 68.4 Å². The Bertz CT molecular complexity index is 2300. The quantitative estimate of drug-likeness (QED) is 0.143. The van der Waals surface area contributed by atoms with E-state index in [2.05, 4.69) is 0 Å². The van der Waals surface area contributed by atoms with Crippen molar-refractivity contribution in [2.75, 3.05) is 0 Å². The number of alkyl halides is 44. The van der Waals surface area contributed by atoms with Gasteiger partial charge in [0.15, 0.2) is 46.1 Å². The van der Waals surface area contributed by atoms with Gasteiger partial charge >= 0.3 is 109 Å². The van der Waals surface area contributed by atoms with E-state index in [4.69, 9.17) is 0 Å². The van der Waals surface area contributed by atoms with E-state index < -0.39 is 177 Å². The highest BCUT2D eigenvalue weighted by Crippen LogP contribution is 2.64. The Kier molecular flexibility index (Phi) is 19.1. The van der Waals surface area contributed by atoms with Crippen LogP contribution in [-0.2, 0) is 0 Å². The molecular weight excluding hydrogens is 1310 g/mol. The number of allylic oxidation sites excluding steroid dienone is 12. The van der Waals surface area contributed by atoms with Crippen molar-refractivity contribution in [3.8, 4) is 0 Å². The Morgan fingerprint density at radius 3 is 0.275 bits per heavy atom. The van der Waals surface area contributed by atoms with Crippen molar-refractivity contribution in [3.63, 3.8) is 0 Å². The summed E-state index contributed by atoms with van der Waals surface area (Å²) in [5.41, 5.74) is -39.6. The highest BCUT2D eigenvalue weighted by molar-refractivity contribution is 5.44. The summed E-state index contributed by atoms with van der Waals surface area (Å²) >= 11 is 0. The predicted molar refractivity (Wildman–Crippen MR) is 147 cm³/mol. The summed E-state index contributed by atoms with van der Waals surface area (Å²) in [6.45, 7) is 0. The molecule has 0 N–H and O–H groups in total. The molecule has 0 bridgehead atoms. The number of halogens is 50. The number of rotatable bonds is 15. The number of hydrogen-bond acceptors (Lipinski definition) is 0. The first-order chi connectivity index (χ1) is 33.9. The van der Waals surface area contributed by atoms with Crippen LogP contribution in [0.2, 0.25) is 0 Å². The van der Waals surface area contributed by atoms with Crippen molar-refractivity contribution in [2.45, 2.75) is 109 Å². The van der Waals surface area contributed by atoms with Crippen LogP contribution in [0.5, 0.6) is 0 Å². The molecule has 0 saturated carbocycles. The molecule has 0 heterocycles. The molecule has 0 aliphatic rings. The molecule has 0 radical (unpaired) electrons. The fraction of sp³-hybridized carbons (Fsp3) is 0.600. The van der Waals surface area contributed by atoms with Crippen LogP contribution >= 0.6 is 0 Å². The van der Waals surface area contributed by atoms with Gasteiger partial charge in [-0.3, -0.25) is 0 Å². The van der Waals surface area contributed by atoms with Crippen molar-refractivity contribution in [1.82, 2.24) is 0 Å². The monoisotopic (exact) mass is 1310 g/mol. The van der Waals surface area contributed by atoms with Gasteiger partial charge in [-0.05, 0) is 0 Å². The van der Waals surface area contributed by atoms with E-state index >= 15 is 0 Å². The second kappa shape index (κ2) is 20.4. The second-order valence-electron chi connectivity index (χ2n) is 13.9. The lowest BCUT2D eigenvalue weighted by atomic mass is 9.89. The van der Waals surface area contributed by atoms with Crippen molar-refractivity contribution < 1.29 is 220 Å². The summed E-state index contributed by atoms with van der Waals surface area (Å²) in [4.78, 5) is 0. The Morgan fingerprint density at radius 2 is 0.188 bits per heavy atom. The van der Waals surface area contributed by atoms with Gasteiger partial charge in [0.1, 0.15) is 22.3 Å². The van der Waals surface area contributed by atoms with E-state index in [0.717, 1.165) is 0 Å². The van der Waals surface area contributed by atoms with Gasteiger partial charge in [0.25, 0.3) is 0 Å². The molecule has 0 saturated heterocycles. The van der Waals surface area contributed by atoms with Gasteiger partial charge < -0.3 is 0 Å². The van der Waals surface area contributed by atoms with Crippen molar-refractivity contribution in [1.29, 1.82) is 0 Å². The molecule has 0 nitrogen and oxygen atoms in total. The minimum Gasteiger partial charge on any atom is -0.204 e. The molecule has 80 heavy (non-hydrogen) atoms. The Hall–Kier alpha value is -5.06. The SMILES string of the molecule is FC(=C(C(F)(F)F)C(F)(F)F)C(F)(F)C(F)(F)/C(=C(\F)C(F)(F)C(F)(F)/C(=C(\F)C(F)(F)C(F)(F)/C(F)=C(\C(F)(F)F)C(F)(F)C(F)(F)/C(F)=C(\C(F)(F)F)C(F)(F)C(F)(F)C(F)=C(C(F)(F)F)C(F)(F)F)C(F)(F)F)C(F)(F)F. The fourth-order valence-corrected chi connectivity index (χ4v) is 4.98. The molecule has 0 aliphatic carbocycles. The smallest absolute Gasteiger partial charge is 0.204 e. The van der Waals surface area contributed by atoms with Crippen LogP contribution in [-0.4, -0.2) is 109 Å². The van der Waals surface area contributed by atoms with Gasteiger partial charge in [0.2, 0.25) is 0 Å². The molecule has 0 aromatic rings. The first kappa shape index (κ1) is 74.9. The van der Waals surface area contributed by atoms with Crippen LogP contribution in [0.1, 0.15) is 0 Å². The maximum Gasteiger partial charge on any atom is 0.424 e.